The molecule has 4 heteroatoms. The Hall–Kier alpha value is -1.84. The molecule has 27 heavy (non-hydrogen) atoms. The number of rotatable bonds is 6. The first-order valence-corrected chi connectivity index (χ1v) is 9.82. The molecule has 0 atom stereocenters. The van der Waals surface area contributed by atoms with Crippen LogP contribution >= 0.6 is 12.4 Å². The first-order valence-electron chi connectivity index (χ1n) is 9.82. The molecule has 1 fully saturated rings. The number of hydrogen-bond donors (Lipinski definition) is 0. The number of halogens is 1. The summed E-state index contributed by atoms with van der Waals surface area (Å²) in [5.74, 6) is 0.233. The molecule has 0 spiro atoms. The van der Waals surface area contributed by atoms with Crippen LogP contribution in [0, 0.1) is 6.92 Å². The number of aryl methyl sites for hydroxylation is 1. The van der Waals surface area contributed by atoms with Crippen LogP contribution in [0.1, 0.15) is 37.3 Å². The quantitative estimate of drug-likeness (QED) is 0.707. The summed E-state index contributed by atoms with van der Waals surface area (Å²) < 4.78 is 0. The SMILES string of the molecule is CCC(=O)N(c1ccc(C)cc1)C1CCN(CCc2ccccc2)CC1.Cl. The first kappa shape index (κ1) is 21.5. The van der Waals surface area contributed by atoms with Crippen molar-refractivity contribution in [3.63, 3.8) is 0 Å². The molecule has 2 aromatic carbocycles. The van der Waals surface area contributed by atoms with Gasteiger partial charge in [-0.25, -0.2) is 0 Å². The van der Waals surface area contributed by atoms with E-state index in [1.165, 1.54) is 11.1 Å². The van der Waals surface area contributed by atoms with Crippen LogP contribution in [0.5, 0.6) is 0 Å². The molecule has 3 rings (SSSR count). The Balaban J connectivity index is 0.00000261. The molecule has 0 bridgehead atoms. The normalized spacial score (nSPS) is 15.2. The molecule has 146 valence electrons. The fourth-order valence-electron chi connectivity index (χ4n) is 3.77. The standard InChI is InChI=1S/C23H30N2O.ClH/c1-3-23(26)25(21-11-9-19(2)10-12-21)22-14-17-24(18-15-22)16-13-20-7-5-4-6-8-20;/h4-12,22H,3,13-18H2,1-2H3;1H. The lowest BCUT2D eigenvalue weighted by molar-refractivity contribution is -0.119. The zero-order chi connectivity index (χ0) is 18.4. The van der Waals surface area contributed by atoms with E-state index in [1.54, 1.807) is 0 Å². The molecular formula is C23H31ClN2O. The predicted octanol–water partition coefficient (Wildman–Crippen LogP) is 4.87. The van der Waals surface area contributed by atoms with Gasteiger partial charge in [0.25, 0.3) is 0 Å². The number of likely N-dealkylation sites (tertiary alicyclic amines) is 1. The number of benzene rings is 2. The van der Waals surface area contributed by atoms with Crippen LogP contribution in [-0.4, -0.2) is 36.5 Å². The number of anilines is 1. The largest absolute Gasteiger partial charge is 0.309 e. The van der Waals surface area contributed by atoms with Crippen molar-refractivity contribution in [2.45, 2.75) is 45.6 Å². The number of carbonyl (C=O) groups is 1. The van der Waals surface area contributed by atoms with Crippen molar-refractivity contribution in [3.05, 3.63) is 65.7 Å². The first-order chi connectivity index (χ1) is 12.7. The molecule has 0 radical (unpaired) electrons. The summed E-state index contributed by atoms with van der Waals surface area (Å²) in [5.41, 5.74) is 3.68. The summed E-state index contributed by atoms with van der Waals surface area (Å²) in [6.45, 7) is 7.27. The molecule has 0 aliphatic carbocycles. The monoisotopic (exact) mass is 386 g/mol. The molecule has 1 aliphatic rings. The van der Waals surface area contributed by atoms with E-state index in [9.17, 15) is 4.79 Å². The van der Waals surface area contributed by atoms with E-state index in [-0.39, 0.29) is 18.3 Å². The number of amides is 1. The van der Waals surface area contributed by atoms with Crippen LogP contribution in [0.15, 0.2) is 54.6 Å². The molecule has 1 amide bonds. The minimum absolute atomic E-state index is 0. The van der Waals surface area contributed by atoms with Crippen molar-refractivity contribution in [1.29, 1.82) is 0 Å². The van der Waals surface area contributed by atoms with Crippen LogP contribution in [-0.2, 0) is 11.2 Å². The third-order valence-electron chi connectivity index (χ3n) is 5.37. The maximum atomic E-state index is 12.6. The van der Waals surface area contributed by atoms with E-state index in [1.807, 2.05) is 11.8 Å². The number of hydrogen-bond acceptors (Lipinski definition) is 2. The van der Waals surface area contributed by atoms with Gasteiger partial charge in [0.1, 0.15) is 0 Å². The summed E-state index contributed by atoms with van der Waals surface area (Å²) in [4.78, 5) is 17.2. The van der Waals surface area contributed by atoms with E-state index in [0.29, 0.717) is 12.5 Å². The molecule has 1 aliphatic heterocycles. The van der Waals surface area contributed by atoms with Gasteiger partial charge in [-0.3, -0.25) is 4.79 Å². The molecule has 1 saturated heterocycles. The average Bonchev–Trinajstić information content (AvgIpc) is 2.69. The number of carbonyl (C=O) groups excluding carboxylic acids is 1. The van der Waals surface area contributed by atoms with Crippen molar-refractivity contribution < 1.29 is 4.79 Å². The molecular weight excluding hydrogens is 356 g/mol. The number of nitrogens with zero attached hydrogens (tertiary/aromatic N) is 2. The Morgan fingerprint density at radius 1 is 1.04 bits per heavy atom. The molecule has 3 nitrogen and oxygen atoms in total. The van der Waals surface area contributed by atoms with Gasteiger partial charge in [-0.05, 0) is 43.9 Å². The zero-order valence-electron chi connectivity index (χ0n) is 16.4. The minimum atomic E-state index is 0. The molecule has 2 aromatic rings. The second-order valence-corrected chi connectivity index (χ2v) is 7.26. The highest BCUT2D eigenvalue weighted by atomic mass is 35.5. The Kier molecular flexibility index (Phi) is 8.33. The van der Waals surface area contributed by atoms with Gasteiger partial charge in [0.15, 0.2) is 0 Å². The Bertz CT molecular complexity index is 694. The van der Waals surface area contributed by atoms with Crippen LogP contribution in [0.25, 0.3) is 0 Å². The van der Waals surface area contributed by atoms with Gasteiger partial charge in [-0.2, -0.15) is 0 Å². The van der Waals surface area contributed by atoms with Crippen molar-refractivity contribution in [2.24, 2.45) is 0 Å². The van der Waals surface area contributed by atoms with Gasteiger partial charge < -0.3 is 9.80 Å². The van der Waals surface area contributed by atoms with Crippen LogP contribution in [0.3, 0.4) is 0 Å². The Morgan fingerprint density at radius 2 is 1.67 bits per heavy atom. The van der Waals surface area contributed by atoms with Crippen LogP contribution < -0.4 is 4.90 Å². The van der Waals surface area contributed by atoms with Crippen molar-refractivity contribution in [2.75, 3.05) is 24.5 Å². The summed E-state index contributed by atoms with van der Waals surface area (Å²) in [5, 5.41) is 0. The van der Waals surface area contributed by atoms with E-state index in [0.717, 1.165) is 44.6 Å². The van der Waals surface area contributed by atoms with Crippen molar-refractivity contribution in [1.82, 2.24) is 4.90 Å². The second kappa shape index (κ2) is 10.5. The highest BCUT2D eigenvalue weighted by Crippen LogP contribution is 2.25. The molecule has 0 saturated carbocycles. The number of piperidine rings is 1. The topological polar surface area (TPSA) is 23.6 Å². The minimum Gasteiger partial charge on any atom is -0.309 e. The highest BCUT2D eigenvalue weighted by Gasteiger charge is 2.28. The van der Waals surface area contributed by atoms with Gasteiger partial charge in [0, 0.05) is 37.8 Å². The summed E-state index contributed by atoms with van der Waals surface area (Å²) in [6, 6.07) is 19.4. The lowest BCUT2D eigenvalue weighted by Gasteiger charge is -2.38. The average molecular weight is 387 g/mol. The zero-order valence-corrected chi connectivity index (χ0v) is 17.3. The van der Waals surface area contributed by atoms with E-state index in [2.05, 4.69) is 66.4 Å². The van der Waals surface area contributed by atoms with Crippen LogP contribution in [0.2, 0.25) is 0 Å². The maximum Gasteiger partial charge on any atom is 0.226 e. The van der Waals surface area contributed by atoms with Gasteiger partial charge in [-0.1, -0.05) is 55.0 Å². The van der Waals surface area contributed by atoms with E-state index in [4.69, 9.17) is 0 Å². The lowest BCUT2D eigenvalue weighted by atomic mass is 10.0. The van der Waals surface area contributed by atoms with Gasteiger partial charge in [0.2, 0.25) is 5.91 Å². The highest BCUT2D eigenvalue weighted by molar-refractivity contribution is 5.93. The Labute approximate surface area is 169 Å². The fourth-order valence-corrected chi connectivity index (χ4v) is 3.77. The third kappa shape index (κ3) is 5.82. The summed E-state index contributed by atoms with van der Waals surface area (Å²) in [7, 11) is 0. The summed E-state index contributed by atoms with van der Waals surface area (Å²) >= 11 is 0. The van der Waals surface area contributed by atoms with Gasteiger partial charge >= 0.3 is 0 Å². The summed E-state index contributed by atoms with van der Waals surface area (Å²) in [6.07, 6.45) is 3.76. The molecule has 0 aromatic heterocycles. The van der Waals surface area contributed by atoms with Crippen LogP contribution in [0.4, 0.5) is 5.69 Å². The van der Waals surface area contributed by atoms with Gasteiger partial charge in [0.05, 0.1) is 0 Å². The predicted molar refractivity (Wildman–Crippen MR) is 116 cm³/mol. The van der Waals surface area contributed by atoms with Crippen molar-refractivity contribution in [3.8, 4) is 0 Å². The smallest absolute Gasteiger partial charge is 0.226 e. The van der Waals surface area contributed by atoms with E-state index < -0.39 is 0 Å². The maximum absolute atomic E-state index is 12.6. The van der Waals surface area contributed by atoms with Gasteiger partial charge in [-0.15, -0.1) is 12.4 Å². The van der Waals surface area contributed by atoms with Crippen molar-refractivity contribution >= 4 is 24.0 Å². The molecule has 1 heterocycles. The Morgan fingerprint density at radius 3 is 2.26 bits per heavy atom. The second-order valence-electron chi connectivity index (χ2n) is 7.26. The fraction of sp³-hybridized carbons (Fsp3) is 0.435. The lowest BCUT2D eigenvalue weighted by Crippen LogP contribution is -2.47. The van der Waals surface area contributed by atoms with E-state index >= 15 is 0 Å². The molecule has 0 unspecified atom stereocenters. The third-order valence-corrected chi connectivity index (χ3v) is 5.37. The molecule has 0 N–H and O–H groups in total.